The Hall–Kier alpha value is -0.933. The molecule has 0 aromatic heterocycles. The lowest BCUT2D eigenvalue weighted by atomic mass is 10.2. The third-order valence-corrected chi connectivity index (χ3v) is 9.85. The van der Waals surface area contributed by atoms with Crippen LogP contribution in [0.25, 0.3) is 0 Å². The fourth-order valence-corrected chi connectivity index (χ4v) is 7.23. The molecule has 18 heavy (non-hydrogen) atoms. The molecule has 0 aliphatic heterocycles. The lowest BCUT2D eigenvalue weighted by Gasteiger charge is -2.24. The van der Waals surface area contributed by atoms with Gasteiger partial charge in [0, 0.05) is 21.3 Å². The first-order valence-corrected chi connectivity index (χ1v) is 8.97. The van der Waals surface area contributed by atoms with Crippen LogP contribution in [0, 0.1) is 6.92 Å². The van der Waals surface area contributed by atoms with Gasteiger partial charge in [0.05, 0.1) is 4.90 Å². The van der Waals surface area contributed by atoms with E-state index in [1.165, 1.54) is 33.5 Å². The second-order valence-electron chi connectivity index (χ2n) is 3.57. The Bertz CT molecular complexity index is 515. The van der Waals surface area contributed by atoms with Crippen LogP contribution in [0.5, 0.6) is 5.75 Å². The predicted octanol–water partition coefficient (Wildman–Crippen LogP) is 0.849. The van der Waals surface area contributed by atoms with E-state index in [0.29, 0.717) is 5.56 Å². The topological polar surface area (TPSA) is 82.1 Å². The van der Waals surface area contributed by atoms with Crippen LogP contribution in [0.15, 0.2) is 23.1 Å². The van der Waals surface area contributed by atoms with Crippen molar-refractivity contribution in [3.8, 4) is 5.75 Å². The van der Waals surface area contributed by atoms with Crippen LogP contribution in [0.4, 0.5) is 0 Å². The Morgan fingerprint density at radius 2 is 1.61 bits per heavy atom. The van der Waals surface area contributed by atoms with Crippen LogP contribution in [0.3, 0.4) is 0 Å². The van der Waals surface area contributed by atoms with Crippen molar-refractivity contribution in [3.63, 3.8) is 0 Å². The number of aryl methyl sites for hydroxylation is 1. The fourth-order valence-electron chi connectivity index (χ4n) is 1.59. The first-order chi connectivity index (χ1) is 8.34. The van der Waals surface area contributed by atoms with E-state index in [0.717, 1.165) is 6.07 Å². The first-order valence-electron chi connectivity index (χ1n) is 5.04. The molecule has 0 spiro atoms. The highest BCUT2D eigenvalue weighted by atomic mass is 32.4. The van der Waals surface area contributed by atoms with E-state index < -0.39 is 17.2 Å². The Kier molecular flexibility index (Phi) is 4.51. The summed E-state index contributed by atoms with van der Waals surface area (Å²) in [5.41, 5.74) is 0.482. The minimum absolute atomic E-state index is 0.0558. The average molecular weight is 292 g/mol. The van der Waals surface area contributed by atoms with Gasteiger partial charge in [0.25, 0.3) is 0 Å². The quantitative estimate of drug-likeness (QED) is 0.810. The molecule has 0 fully saturated rings. The number of aromatic hydroxyl groups is 1. The highest BCUT2D eigenvalue weighted by Gasteiger charge is 2.56. The number of benzene rings is 1. The number of phenols is 1. The van der Waals surface area contributed by atoms with Crippen molar-refractivity contribution in [2.45, 2.75) is 11.8 Å². The van der Waals surface area contributed by atoms with E-state index in [1.54, 1.807) is 6.92 Å². The number of phenolic OH excluding ortho intramolecular Hbond substituents is 1. The zero-order valence-corrected chi connectivity index (χ0v) is 12.4. The van der Waals surface area contributed by atoms with E-state index in [2.05, 4.69) is 0 Å². The van der Waals surface area contributed by atoms with Gasteiger partial charge in [0.1, 0.15) is 5.75 Å². The highest BCUT2D eigenvalue weighted by molar-refractivity contribution is 8.19. The molecular weight excluding hydrogens is 276 g/mol. The summed E-state index contributed by atoms with van der Waals surface area (Å²) in [4.78, 5) is -0.0558. The molecule has 0 aliphatic carbocycles. The van der Waals surface area contributed by atoms with Gasteiger partial charge < -0.3 is 18.4 Å². The lowest BCUT2D eigenvalue weighted by Crippen LogP contribution is -2.51. The smallest absolute Gasteiger partial charge is 0.508 e. The molecule has 1 aromatic rings. The van der Waals surface area contributed by atoms with Gasteiger partial charge in [-0.3, -0.25) is 0 Å². The maximum Gasteiger partial charge on any atom is 0.639 e. The molecule has 0 atom stereocenters. The molecule has 0 aliphatic rings. The van der Waals surface area contributed by atoms with E-state index in [9.17, 15) is 13.5 Å². The molecule has 1 aromatic carbocycles. The molecule has 0 bridgehead atoms. The van der Waals surface area contributed by atoms with Gasteiger partial charge in [-0.15, -0.1) is 0 Å². The average Bonchev–Trinajstić information content (AvgIpc) is 2.34. The van der Waals surface area contributed by atoms with Crippen LogP contribution < -0.4 is 0 Å². The first kappa shape index (κ1) is 15.1. The molecule has 8 heteroatoms. The fraction of sp³-hybridized carbons (Fsp3) is 0.400. The van der Waals surface area contributed by atoms with Crippen LogP contribution in [-0.2, 0) is 22.6 Å². The number of hydrogen-bond acceptors (Lipinski definition) is 6. The van der Waals surface area contributed by atoms with Crippen molar-refractivity contribution in [1.82, 2.24) is 0 Å². The standard InChI is InChI=1S/C10H16O6SSi/c1-8-5-6-9(11)7-10(8)17(12,13)18(14-2,15-3)16-4/h5-7,11H,1-4H3. The van der Waals surface area contributed by atoms with Gasteiger partial charge in [0.15, 0.2) is 0 Å². The van der Waals surface area contributed by atoms with Crippen LogP contribution >= 0.6 is 0 Å². The molecule has 0 amide bonds. The second kappa shape index (κ2) is 5.37. The summed E-state index contributed by atoms with van der Waals surface area (Å²) in [6.45, 7) is 1.62. The number of rotatable bonds is 5. The molecule has 102 valence electrons. The van der Waals surface area contributed by atoms with Crippen LogP contribution in [0.2, 0.25) is 0 Å². The molecule has 6 nitrogen and oxygen atoms in total. The van der Waals surface area contributed by atoms with Gasteiger partial charge in [0.2, 0.25) is 9.29 Å². The highest BCUT2D eigenvalue weighted by Crippen LogP contribution is 2.29. The Balaban J connectivity index is 3.50. The van der Waals surface area contributed by atoms with Crippen molar-refractivity contribution < 1.29 is 26.8 Å². The van der Waals surface area contributed by atoms with E-state index in [-0.39, 0.29) is 10.6 Å². The minimum Gasteiger partial charge on any atom is -0.508 e. The summed E-state index contributed by atoms with van der Waals surface area (Å²) in [6.07, 6.45) is 0. The SMILES string of the molecule is CO[Si](OC)(OC)S(=O)(=O)c1cc(O)ccc1C. The Morgan fingerprint density at radius 3 is 2.06 bits per heavy atom. The Morgan fingerprint density at radius 1 is 1.11 bits per heavy atom. The van der Waals surface area contributed by atoms with Crippen molar-refractivity contribution in [2.24, 2.45) is 0 Å². The summed E-state index contributed by atoms with van der Waals surface area (Å²) < 4.78 is 39.9. The second-order valence-corrected chi connectivity index (χ2v) is 10.3. The normalized spacial score (nSPS) is 12.7. The monoisotopic (exact) mass is 292 g/mol. The zero-order valence-electron chi connectivity index (χ0n) is 10.6. The molecule has 0 heterocycles. The predicted molar refractivity (Wildman–Crippen MR) is 66.8 cm³/mol. The van der Waals surface area contributed by atoms with Gasteiger partial charge in [-0.05, 0) is 24.6 Å². The molecular formula is C10H16O6SSi. The van der Waals surface area contributed by atoms with Gasteiger partial charge in [-0.2, -0.15) is 0 Å². The largest absolute Gasteiger partial charge is 0.639 e. The minimum atomic E-state index is -3.95. The van der Waals surface area contributed by atoms with Gasteiger partial charge in [-0.1, -0.05) is 6.07 Å². The molecule has 0 radical (unpaired) electrons. The summed E-state index contributed by atoms with van der Waals surface area (Å²) in [5.74, 6) is -0.148. The maximum absolute atomic E-state index is 12.5. The summed E-state index contributed by atoms with van der Waals surface area (Å²) >= 11 is 0. The molecule has 0 saturated heterocycles. The van der Waals surface area contributed by atoms with Crippen LogP contribution in [-0.4, -0.2) is 42.8 Å². The van der Waals surface area contributed by atoms with E-state index in [4.69, 9.17) is 13.3 Å². The number of hydrogen-bond donors (Lipinski definition) is 1. The van der Waals surface area contributed by atoms with E-state index >= 15 is 0 Å². The summed E-state index contributed by atoms with van der Waals surface area (Å²) in [7, 11) is -4.18. The maximum atomic E-state index is 12.5. The molecule has 0 unspecified atom stereocenters. The van der Waals surface area contributed by atoms with Crippen molar-refractivity contribution in [1.29, 1.82) is 0 Å². The van der Waals surface area contributed by atoms with Gasteiger partial charge in [-0.25, -0.2) is 8.42 Å². The zero-order chi connectivity index (χ0) is 14.0. The third-order valence-electron chi connectivity index (χ3n) is 2.54. The summed E-state index contributed by atoms with van der Waals surface area (Å²) in [5, 5.41) is 9.41. The van der Waals surface area contributed by atoms with Crippen LogP contribution in [0.1, 0.15) is 5.56 Å². The molecule has 0 saturated carbocycles. The summed E-state index contributed by atoms with van der Waals surface area (Å²) in [6, 6.07) is 4.07. The third kappa shape index (κ3) is 2.29. The van der Waals surface area contributed by atoms with E-state index in [1.807, 2.05) is 0 Å². The Labute approximate surface area is 107 Å². The molecule has 1 N–H and O–H groups in total. The molecule has 1 rings (SSSR count). The van der Waals surface area contributed by atoms with Crippen molar-refractivity contribution in [2.75, 3.05) is 21.3 Å². The lowest BCUT2D eigenvalue weighted by molar-refractivity contribution is 0.148. The van der Waals surface area contributed by atoms with Crippen molar-refractivity contribution in [3.05, 3.63) is 23.8 Å². The van der Waals surface area contributed by atoms with Crippen molar-refractivity contribution >= 4 is 17.2 Å². The van der Waals surface area contributed by atoms with Gasteiger partial charge >= 0.3 is 7.95 Å².